The highest BCUT2D eigenvalue weighted by Gasteiger charge is 2.35. The van der Waals surface area contributed by atoms with Crippen molar-refractivity contribution in [2.75, 3.05) is 5.32 Å². The maximum Gasteiger partial charge on any atom is 0.451 e. The number of hydrogen-bond acceptors (Lipinski definition) is 5. The molecule has 0 aromatic carbocycles. The van der Waals surface area contributed by atoms with Crippen LogP contribution in [0, 0.1) is 6.92 Å². The normalized spacial score (nSPS) is 11.5. The molecule has 0 spiro atoms. The Morgan fingerprint density at radius 1 is 1.32 bits per heavy atom. The molecule has 2 aromatic rings. The molecule has 10 heteroatoms. The van der Waals surface area contributed by atoms with E-state index in [0.717, 1.165) is 4.88 Å². The van der Waals surface area contributed by atoms with Crippen LogP contribution in [0.15, 0.2) is 12.1 Å². The lowest BCUT2D eigenvalue weighted by molar-refractivity contribution is -0.144. The third kappa shape index (κ3) is 4.13. The van der Waals surface area contributed by atoms with Crippen molar-refractivity contribution < 1.29 is 22.8 Å². The lowest BCUT2D eigenvalue weighted by Crippen LogP contribution is -2.14. The van der Waals surface area contributed by atoms with Crippen LogP contribution in [0.1, 0.15) is 33.2 Å². The summed E-state index contributed by atoms with van der Waals surface area (Å²) in [7, 11) is 0. The van der Waals surface area contributed by atoms with Gasteiger partial charge in [0.1, 0.15) is 0 Å². The molecule has 2 rings (SSSR count). The highest BCUT2D eigenvalue weighted by molar-refractivity contribution is 7.14. The average molecular weight is 332 g/mol. The third-order valence-electron chi connectivity index (χ3n) is 2.60. The number of thiophene rings is 1. The molecular weight excluding hydrogens is 321 g/mol. The number of aromatic amines is 1. The Bertz CT molecular complexity index is 693. The Balaban J connectivity index is 1.85. The summed E-state index contributed by atoms with van der Waals surface area (Å²) in [5.41, 5.74) is 0. The standard InChI is InChI=1S/C12H11F3N4O2S/c1-6-2-4-8(22-6)7(20)3-5-9(21)16-11-17-10(18-19-11)12(13,14)15/h2,4H,3,5H2,1H3,(H2,16,17,18,19,21). The Morgan fingerprint density at radius 3 is 2.59 bits per heavy atom. The lowest BCUT2D eigenvalue weighted by Gasteiger charge is -2.00. The van der Waals surface area contributed by atoms with E-state index >= 15 is 0 Å². The summed E-state index contributed by atoms with van der Waals surface area (Å²) < 4.78 is 36.9. The van der Waals surface area contributed by atoms with Crippen molar-refractivity contribution >= 4 is 29.0 Å². The number of halogens is 3. The van der Waals surface area contributed by atoms with E-state index in [1.54, 1.807) is 17.2 Å². The fraction of sp³-hybridized carbons (Fsp3) is 0.333. The number of H-pyrrole nitrogens is 1. The van der Waals surface area contributed by atoms with Gasteiger partial charge in [-0.15, -0.1) is 16.4 Å². The van der Waals surface area contributed by atoms with Crippen molar-refractivity contribution in [1.29, 1.82) is 0 Å². The summed E-state index contributed by atoms with van der Waals surface area (Å²) in [5, 5.41) is 7.02. The first-order valence-corrected chi connectivity index (χ1v) is 6.96. The summed E-state index contributed by atoms with van der Waals surface area (Å²) >= 11 is 1.32. The van der Waals surface area contributed by atoms with Crippen LogP contribution >= 0.6 is 11.3 Å². The molecule has 0 saturated carbocycles. The molecule has 0 atom stereocenters. The second kappa shape index (κ2) is 6.26. The van der Waals surface area contributed by atoms with Crippen molar-refractivity contribution in [2.45, 2.75) is 25.9 Å². The Labute approximate surface area is 126 Å². The topological polar surface area (TPSA) is 87.7 Å². The van der Waals surface area contributed by atoms with Gasteiger partial charge in [-0.05, 0) is 19.1 Å². The van der Waals surface area contributed by atoms with Crippen molar-refractivity contribution in [3.8, 4) is 0 Å². The van der Waals surface area contributed by atoms with E-state index in [2.05, 4.69) is 15.4 Å². The molecule has 0 saturated heterocycles. The summed E-state index contributed by atoms with van der Waals surface area (Å²) in [5.74, 6) is -2.60. The first kappa shape index (κ1) is 16.1. The smallest absolute Gasteiger partial charge is 0.293 e. The molecule has 22 heavy (non-hydrogen) atoms. The SMILES string of the molecule is Cc1ccc(C(=O)CCC(=O)Nc2n[nH]c(C(F)(F)F)n2)s1. The highest BCUT2D eigenvalue weighted by atomic mass is 32.1. The van der Waals surface area contributed by atoms with E-state index in [9.17, 15) is 22.8 Å². The number of carbonyl (C=O) groups excluding carboxylic acids is 2. The fourth-order valence-electron chi connectivity index (χ4n) is 1.57. The van der Waals surface area contributed by atoms with Crippen LogP contribution in [-0.4, -0.2) is 26.9 Å². The van der Waals surface area contributed by atoms with E-state index < -0.39 is 23.9 Å². The molecule has 1 amide bonds. The second-order valence-corrected chi connectivity index (χ2v) is 5.67. The zero-order chi connectivity index (χ0) is 16.3. The van der Waals surface area contributed by atoms with E-state index in [0.29, 0.717) is 4.88 Å². The molecule has 0 radical (unpaired) electrons. The van der Waals surface area contributed by atoms with Gasteiger partial charge >= 0.3 is 6.18 Å². The van der Waals surface area contributed by atoms with Crippen molar-refractivity contribution in [2.24, 2.45) is 0 Å². The maximum absolute atomic E-state index is 12.3. The van der Waals surface area contributed by atoms with Gasteiger partial charge < -0.3 is 0 Å². The third-order valence-corrected chi connectivity index (χ3v) is 3.64. The number of anilines is 1. The maximum atomic E-state index is 12.3. The van der Waals surface area contributed by atoms with E-state index in [1.165, 1.54) is 11.3 Å². The zero-order valence-corrected chi connectivity index (χ0v) is 12.1. The van der Waals surface area contributed by atoms with E-state index in [1.807, 2.05) is 6.92 Å². The molecule has 0 unspecified atom stereocenters. The van der Waals surface area contributed by atoms with Gasteiger partial charge in [-0.2, -0.15) is 18.2 Å². The largest absolute Gasteiger partial charge is 0.451 e. The molecule has 0 aliphatic carbocycles. The zero-order valence-electron chi connectivity index (χ0n) is 11.3. The fourth-order valence-corrected chi connectivity index (χ4v) is 2.40. The van der Waals surface area contributed by atoms with Crippen molar-refractivity contribution in [1.82, 2.24) is 15.2 Å². The number of ketones is 1. The van der Waals surface area contributed by atoms with Gasteiger partial charge in [-0.3, -0.25) is 20.0 Å². The minimum Gasteiger partial charge on any atom is -0.293 e. The first-order valence-electron chi connectivity index (χ1n) is 6.15. The van der Waals surface area contributed by atoms with Gasteiger partial charge in [0.25, 0.3) is 0 Å². The molecule has 0 aliphatic heterocycles. The molecule has 118 valence electrons. The number of nitrogens with one attached hydrogen (secondary N) is 2. The minimum absolute atomic E-state index is 0.0393. The summed E-state index contributed by atoms with van der Waals surface area (Å²) in [4.78, 5) is 28.0. The van der Waals surface area contributed by atoms with Crippen LogP contribution in [0.2, 0.25) is 0 Å². The molecule has 2 N–H and O–H groups in total. The van der Waals surface area contributed by atoms with Crippen LogP contribution in [0.25, 0.3) is 0 Å². The predicted octanol–water partition coefficient (Wildman–Crippen LogP) is 2.80. The quantitative estimate of drug-likeness (QED) is 0.824. The number of rotatable bonds is 5. The van der Waals surface area contributed by atoms with Gasteiger partial charge in [0, 0.05) is 17.7 Å². The highest BCUT2D eigenvalue weighted by Crippen LogP contribution is 2.26. The number of hydrogen-bond donors (Lipinski definition) is 2. The van der Waals surface area contributed by atoms with Crippen LogP contribution in [0.5, 0.6) is 0 Å². The minimum atomic E-state index is -4.66. The average Bonchev–Trinajstić information content (AvgIpc) is 3.04. The van der Waals surface area contributed by atoms with Gasteiger partial charge in [-0.1, -0.05) is 0 Å². The number of amides is 1. The van der Waals surface area contributed by atoms with Crippen molar-refractivity contribution in [3.63, 3.8) is 0 Å². The van der Waals surface area contributed by atoms with E-state index in [-0.39, 0.29) is 18.6 Å². The van der Waals surface area contributed by atoms with Crippen LogP contribution in [-0.2, 0) is 11.0 Å². The summed E-state index contributed by atoms with van der Waals surface area (Å²) in [6.07, 6.45) is -4.86. The number of Topliss-reactive ketones (excluding diaryl/α,β-unsaturated/α-hetero) is 1. The molecule has 0 bridgehead atoms. The van der Waals surface area contributed by atoms with Crippen LogP contribution < -0.4 is 5.32 Å². The number of aryl methyl sites for hydroxylation is 1. The van der Waals surface area contributed by atoms with Crippen LogP contribution in [0.3, 0.4) is 0 Å². The number of carbonyl (C=O) groups is 2. The van der Waals surface area contributed by atoms with Gasteiger partial charge in [-0.25, -0.2) is 0 Å². The Kier molecular flexibility index (Phi) is 4.59. The second-order valence-electron chi connectivity index (χ2n) is 4.39. The summed E-state index contributed by atoms with van der Waals surface area (Å²) in [6, 6.07) is 3.47. The number of nitrogens with zero attached hydrogens (tertiary/aromatic N) is 2. The molecule has 6 nitrogen and oxygen atoms in total. The van der Waals surface area contributed by atoms with Crippen molar-refractivity contribution in [3.05, 3.63) is 27.7 Å². The Morgan fingerprint density at radius 2 is 2.05 bits per heavy atom. The first-order chi connectivity index (χ1) is 10.3. The van der Waals surface area contributed by atoms with Gasteiger partial charge in [0.05, 0.1) is 4.88 Å². The van der Waals surface area contributed by atoms with E-state index in [4.69, 9.17) is 0 Å². The monoisotopic (exact) mass is 332 g/mol. The molecule has 0 aliphatic rings. The van der Waals surface area contributed by atoms with Gasteiger partial charge in [0.15, 0.2) is 5.78 Å². The van der Waals surface area contributed by atoms with Gasteiger partial charge in [0.2, 0.25) is 17.7 Å². The molecule has 2 aromatic heterocycles. The predicted molar refractivity (Wildman–Crippen MR) is 72.6 cm³/mol. The Hall–Kier alpha value is -2.23. The van der Waals surface area contributed by atoms with Crippen LogP contribution in [0.4, 0.5) is 19.1 Å². The summed E-state index contributed by atoms with van der Waals surface area (Å²) in [6.45, 7) is 1.86. The lowest BCUT2D eigenvalue weighted by atomic mass is 10.2. The number of aromatic nitrogens is 3. The molecule has 2 heterocycles. The molecular formula is C12H11F3N4O2S. The molecule has 0 fully saturated rings. The number of alkyl halides is 3.